The largest absolute Gasteiger partial charge is 0.398 e. The molecule has 0 aliphatic carbocycles. The van der Waals surface area contributed by atoms with Crippen molar-refractivity contribution in [2.24, 2.45) is 5.73 Å². The quantitative estimate of drug-likeness (QED) is 0.428. The molecule has 2 rings (SSSR count). The lowest BCUT2D eigenvalue weighted by molar-refractivity contribution is -0.112. The molecule has 132 valence electrons. The molecule has 1 unspecified atom stereocenters. The number of hydrogen-bond donors (Lipinski definition) is 4. The van der Waals surface area contributed by atoms with Crippen LogP contribution in [0.4, 0.5) is 11.4 Å². The number of nitrogens with two attached hydrogens (primary N) is 2. The van der Waals surface area contributed by atoms with Crippen molar-refractivity contribution in [1.82, 2.24) is 0 Å². The fourth-order valence-electron chi connectivity index (χ4n) is 2.09. The average molecular weight is 380 g/mol. The first kappa shape index (κ1) is 18.6. The first-order valence-electron chi connectivity index (χ1n) is 6.87. The molecule has 8 nitrogen and oxygen atoms in total. The molecule has 0 radical (unpaired) electrons. The minimum Gasteiger partial charge on any atom is -0.398 e. The summed E-state index contributed by atoms with van der Waals surface area (Å²) in [5.41, 5.74) is 10.5. The molecule has 10 heteroatoms. The van der Waals surface area contributed by atoms with Crippen molar-refractivity contribution in [2.45, 2.75) is 9.79 Å². The number of anilines is 2. The molecule has 0 saturated carbocycles. The van der Waals surface area contributed by atoms with Crippen molar-refractivity contribution >= 4 is 43.8 Å². The lowest BCUT2D eigenvalue weighted by Crippen LogP contribution is -2.24. The Bertz CT molecular complexity index is 987. The zero-order valence-electron chi connectivity index (χ0n) is 13.1. The van der Waals surface area contributed by atoms with Gasteiger partial charge in [0, 0.05) is 23.2 Å². The maximum Gasteiger partial charge on any atom is 0.267 e. The van der Waals surface area contributed by atoms with E-state index in [9.17, 15) is 17.4 Å². The number of benzene rings is 2. The second-order valence-electron chi connectivity index (χ2n) is 5.05. The highest BCUT2D eigenvalue weighted by Gasteiger charge is 2.21. The summed E-state index contributed by atoms with van der Waals surface area (Å²) >= 11 is 0. The smallest absolute Gasteiger partial charge is 0.267 e. The molecule has 1 amide bonds. The van der Waals surface area contributed by atoms with Gasteiger partial charge in [-0.25, -0.2) is 8.42 Å². The Morgan fingerprint density at radius 2 is 1.84 bits per heavy atom. The van der Waals surface area contributed by atoms with Crippen LogP contribution in [0.25, 0.3) is 0 Å². The summed E-state index contributed by atoms with van der Waals surface area (Å²) in [6, 6.07) is 9.88. The van der Waals surface area contributed by atoms with Crippen LogP contribution in [0.15, 0.2) is 52.3 Å². The number of nitrogens with one attached hydrogen (secondary N) is 2. The van der Waals surface area contributed by atoms with Crippen LogP contribution in [0.2, 0.25) is 0 Å². The number of carbonyl (C=O) groups excluding carboxylic acids is 1. The van der Waals surface area contributed by atoms with E-state index in [4.69, 9.17) is 16.9 Å². The summed E-state index contributed by atoms with van der Waals surface area (Å²) in [4.78, 5) is 11.2. The van der Waals surface area contributed by atoms with Crippen LogP contribution in [0.5, 0.6) is 0 Å². The summed E-state index contributed by atoms with van der Waals surface area (Å²) in [6.07, 6.45) is 1.38. The summed E-state index contributed by atoms with van der Waals surface area (Å²) < 4.78 is 39.3. The molecule has 0 aliphatic rings. The maximum atomic E-state index is 12.6. The van der Waals surface area contributed by atoms with Crippen LogP contribution in [0, 0.1) is 5.41 Å². The van der Waals surface area contributed by atoms with E-state index in [0.29, 0.717) is 0 Å². The topological polar surface area (TPSA) is 156 Å². The molecular formula is C15H16N4O4S2. The third-order valence-electron chi connectivity index (χ3n) is 3.27. The van der Waals surface area contributed by atoms with Crippen molar-refractivity contribution in [2.75, 3.05) is 16.7 Å². The van der Waals surface area contributed by atoms with Gasteiger partial charge in [-0.3, -0.25) is 19.1 Å². The van der Waals surface area contributed by atoms with Gasteiger partial charge in [0.15, 0.2) is 0 Å². The molecule has 1 atom stereocenters. The highest BCUT2D eigenvalue weighted by atomic mass is 32.2. The van der Waals surface area contributed by atoms with Gasteiger partial charge in [0.25, 0.3) is 15.9 Å². The minimum atomic E-state index is -4.04. The zero-order valence-corrected chi connectivity index (χ0v) is 14.8. The van der Waals surface area contributed by atoms with Crippen LogP contribution in [0.1, 0.15) is 5.56 Å². The number of primary amides is 1. The highest BCUT2D eigenvalue weighted by molar-refractivity contribution is 7.93. The average Bonchev–Trinajstić information content (AvgIpc) is 2.55. The fraction of sp³-hybridized carbons (Fsp3) is 0.0667. The molecule has 0 aromatic heterocycles. The Labute approximate surface area is 147 Å². The molecule has 0 aliphatic heterocycles. The van der Waals surface area contributed by atoms with Crippen LogP contribution in [0.3, 0.4) is 0 Å². The van der Waals surface area contributed by atoms with Gasteiger partial charge in [-0.2, -0.15) is 0 Å². The summed E-state index contributed by atoms with van der Waals surface area (Å²) in [5, 5.41) is 7.64. The van der Waals surface area contributed by atoms with Gasteiger partial charge in [0.1, 0.15) is 10.6 Å². The predicted octanol–water partition coefficient (Wildman–Crippen LogP) is 0.660. The lowest BCUT2D eigenvalue weighted by Gasteiger charge is -2.13. The lowest BCUT2D eigenvalue weighted by atomic mass is 10.1. The molecule has 2 aromatic rings. The number of sulfonamides is 1. The van der Waals surface area contributed by atoms with E-state index < -0.39 is 32.4 Å². The highest BCUT2D eigenvalue weighted by Crippen LogP contribution is 2.24. The van der Waals surface area contributed by atoms with E-state index in [2.05, 4.69) is 4.72 Å². The SMILES string of the molecule is CS(=O)c1ccccc1S(=O)(=O)Nc1ccc(N)c(C(=N)C(N)=O)c1. The van der Waals surface area contributed by atoms with Gasteiger partial charge in [-0.1, -0.05) is 12.1 Å². The number of amides is 1. The normalized spacial score (nSPS) is 12.4. The van der Waals surface area contributed by atoms with E-state index in [1.807, 2.05) is 0 Å². The van der Waals surface area contributed by atoms with Crippen molar-refractivity contribution < 1.29 is 17.4 Å². The molecule has 0 heterocycles. The van der Waals surface area contributed by atoms with E-state index in [0.717, 1.165) is 0 Å². The summed E-state index contributed by atoms with van der Waals surface area (Å²) in [7, 11) is -5.54. The molecule has 0 fully saturated rings. The van der Waals surface area contributed by atoms with Crippen LogP contribution in [-0.4, -0.2) is 30.5 Å². The molecule has 25 heavy (non-hydrogen) atoms. The first-order valence-corrected chi connectivity index (χ1v) is 9.91. The Balaban J connectivity index is 2.46. The molecule has 6 N–H and O–H groups in total. The number of hydrogen-bond acceptors (Lipinski definition) is 6. The Kier molecular flexibility index (Phi) is 5.24. The van der Waals surface area contributed by atoms with Gasteiger partial charge in [-0.15, -0.1) is 0 Å². The third kappa shape index (κ3) is 4.03. The molecule has 2 aromatic carbocycles. The minimum absolute atomic E-state index is 0.0139. The van der Waals surface area contributed by atoms with Crippen LogP contribution in [-0.2, 0) is 25.6 Å². The predicted molar refractivity (Wildman–Crippen MR) is 96.5 cm³/mol. The van der Waals surface area contributed by atoms with Crippen molar-refractivity contribution in [1.29, 1.82) is 5.41 Å². The molecule has 0 saturated heterocycles. The molecular weight excluding hydrogens is 364 g/mol. The zero-order chi connectivity index (χ0) is 18.8. The van der Waals surface area contributed by atoms with Crippen molar-refractivity contribution in [3.8, 4) is 0 Å². The number of carbonyl (C=O) groups is 1. The Morgan fingerprint density at radius 3 is 2.44 bits per heavy atom. The van der Waals surface area contributed by atoms with Gasteiger partial charge in [0.2, 0.25) is 0 Å². The standard InChI is InChI=1S/C15H16N4O4S2/c1-24(21)12-4-2-3-5-13(12)25(22,23)19-9-6-7-11(16)10(8-9)14(17)15(18)20/h2-8,17,19H,16H2,1H3,(H2,18,20). The second kappa shape index (κ2) is 7.03. The molecule has 0 spiro atoms. The van der Waals surface area contributed by atoms with E-state index in [-0.39, 0.29) is 26.7 Å². The number of rotatable bonds is 6. The Hall–Kier alpha value is -2.72. The van der Waals surface area contributed by atoms with Crippen molar-refractivity contribution in [3.63, 3.8) is 0 Å². The van der Waals surface area contributed by atoms with Gasteiger partial charge >= 0.3 is 0 Å². The Morgan fingerprint density at radius 1 is 1.20 bits per heavy atom. The molecule has 0 bridgehead atoms. The van der Waals surface area contributed by atoms with E-state index in [1.165, 1.54) is 42.7 Å². The third-order valence-corrected chi connectivity index (χ3v) is 5.81. The van der Waals surface area contributed by atoms with Crippen LogP contribution < -0.4 is 16.2 Å². The van der Waals surface area contributed by atoms with Gasteiger partial charge in [0.05, 0.1) is 15.7 Å². The van der Waals surface area contributed by atoms with Crippen LogP contribution >= 0.6 is 0 Å². The second-order valence-corrected chi connectivity index (χ2v) is 8.05. The maximum absolute atomic E-state index is 12.6. The summed E-state index contributed by atoms with van der Waals surface area (Å²) in [6.45, 7) is 0. The summed E-state index contributed by atoms with van der Waals surface area (Å²) in [5.74, 6) is -0.988. The van der Waals surface area contributed by atoms with E-state index in [1.54, 1.807) is 6.07 Å². The van der Waals surface area contributed by atoms with E-state index >= 15 is 0 Å². The van der Waals surface area contributed by atoms with Crippen molar-refractivity contribution in [3.05, 3.63) is 48.0 Å². The first-order chi connectivity index (χ1) is 11.6. The fourth-order valence-corrected chi connectivity index (χ4v) is 4.53. The van der Waals surface area contributed by atoms with Gasteiger partial charge < -0.3 is 11.5 Å². The monoisotopic (exact) mass is 380 g/mol. The van der Waals surface area contributed by atoms with Gasteiger partial charge in [-0.05, 0) is 30.3 Å². The number of nitrogen functional groups attached to an aromatic ring is 1.